The number of carbonyl (C=O) groups excluding carboxylic acids is 1. The van der Waals surface area contributed by atoms with E-state index in [9.17, 15) is 13.2 Å². The lowest BCUT2D eigenvalue weighted by Gasteiger charge is -2.23. The largest absolute Gasteiger partial charge is 0.399 e. The molecule has 21 heavy (non-hydrogen) atoms. The monoisotopic (exact) mass is 329 g/mol. The Labute approximate surface area is 128 Å². The molecule has 8 heteroatoms. The number of nitrogens with two attached hydrogens (primary N) is 1. The summed E-state index contributed by atoms with van der Waals surface area (Å²) in [5.74, 6) is 0.495. The highest BCUT2D eigenvalue weighted by molar-refractivity contribution is 8.00. The van der Waals surface area contributed by atoms with Crippen molar-refractivity contribution >= 4 is 33.4 Å². The van der Waals surface area contributed by atoms with Crippen molar-refractivity contribution in [1.82, 2.24) is 10.0 Å². The van der Waals surface area contributed by atoms with Crippen molar-refractivity contribution in [3.8, 4) is 0 Å². The van der Waals surface area contributed by atoms with Gasteiger partial charge in [-0.15, -0.1) is 11.8 Å². The van der Waals surface area contributed by atoms with Crippen LogP contribution in [0.4, 0.5) is 5.69 Å². The number of hydrogen-bond donors (Lipinski definition) is 3. The van der Waals surface area contributed by atoms with Crippen LogP contribution in [0.2, 0.25) is 0 Å². The number of nitrogens with one attached hydrogen (secondary N) is 2. The van der Waals surface area contributed by atoms with Gasteiger partial charge in [-0.1, -0.05) is 0 Å². The topological polar surface area (TPSA) is 101 Å². The summed E-state index contributed by atoms with van der Waals surface area (Å²) in [6.45, 7) is 0.364. The highest BCUT2D eigenvalue weighted by Gasteiger charge is 2.22. The molecule has 1 aromatic carbocycles. The summed E-state index contributed by atoms with van der Waals surface area (Å²) in [7, 11) is -3.32. The van der Waals surface area contributed by atoms with E-state index in [1.807, 2.05) is 12.1 Å². The highest BCUT2D eigenvalue weighted by atomic mass is 32.2. The molecule has 1 aliphatic rings. The molecule has 116 valence electrons. The van der Waals surface area contributed by atoms with E-state index in [0.29, 0.717) is 30.8 Å². The maximum atomic E-state index is 12.0. The van der Waals surface area contributed by atoms with Gasteiger partial charge in [0, 0.05) is 35.3 Å². The van der Waals surface area contributed by atoms with Crippen LogP contribution in [0, 0.1) is 0 Å². The zero-order chi connectivity index (χ0) is 15.3. The fraction of sp³-hybridized carbons (Fsp3) is 0.462. The molecular formula is C13H19N3O3S2. The number of piperidine rings is 1. The average molecular weight is 329 g/mol. The van der Waals surface area contributed by atoms with Gasteiger partial charge in [0.25, 0.3) is 0 Å². The van der Waals surface area contributed by atoms with Crippen LogP contribution in [-0.4, -0.2) is 38.4 Å². The molecule has 6 nitrogen and oxygen atoms in total. The van der Waals surface area contributed by atoms with E-state index in [1.165, 1.54) is 11.8 Å². The van der Waals surface area contributed by atoms with Crippen LogP contribution in [0.1, 0.15) is 12.8 Å². The summed E-state index contributed by atoms with van der Waals surface area (Å²) >= 11 is 1.47. The number of benzene rings is 1. The van der Waals surface area contributed by atoms with E-state index < -0.39 is 10.0 Å². The Kier molecular flexibility index (Phi) is 5.49. The Morgan fingerprint density at radius 2 is 2.05 bits per heavy atom. The van der Waals surface area contributed by atoms with Gasteiger partial charge in [-0.3, -0.25) is 4.79 Å². The molecule has 0 spiro atoms. The molecule has 1 aliphatic heterocycles. The standard InChI is InChI=1S/C13H19N3O3S2/c14-10-1-4-12(5-2-10)20-7-8-21(18,19)16-11-3-6-13(17)15-9-11/h1-2,4-5,11,16H,3,6-9,14H2,(H,15,17). The van der Waals surface area contributed by atoms with Gasteiger partial charge < -0.3 is 11.1 Å². The zero-order valence-corrected chi connectivity index (χ0v) is 13.2. The Balaban J connectivity index is 1.76. The van der Waals surface area contributed by atoms with Gasteiger partial charge in [0.05, 0.1) is 5.75 Å². The summed E-state index contributed by atoms with van der Waals surface area (Å²) in [6.07, 6.45) is 0.920. The number of hydrogen-bond acceptors (Lipinski definition) is 5. The molecule has 1 unspecified atom stereocenters. The van der Waals surface area contributed by atoms with Gasteiger partial charge in [0.1, 0.15) is 0 Å². The van der Waals surface area contributed by atoms with Crippen LogP contribution < -0.4 is 15.8 Å². The third-order valence-corrected chi connectivity index (χ3v) is 5.82. The van der Waals surface area contributed by atoms with E-state index in [-0.39, 0.29) is 17.7 Å². The first kappa shape index (κ1) is 16.1. The lowest BCUT2D eigenvalue weighted by Crippen LogP contribution is -2.48. The Morgan fingerprint density at radius 1 is 1.33 bits per heavy atom. The molecule has 4 N–H and O–H groups in total. The van der Waals surface area contributed by atoms with E-state index in [4.69, 9.17) is 5.73 Å². The SMILES string of the molecule is Nc1ccc(SCCS(=O)(=O)NC2CCC(=O)NC2)cc1. The fourth-order valence-electron chi connectivity index (χ4n) is 1.98. The Morgan fingerprint density at radius 3 is 2.67 bits per heavy atom. The van der Waals surface area contributed by atoms with Crippen molar-refractivity contribution < 1.29 is 13.2 Å². The number of anilines is 1. The maximum absolute atomic E-state index is 12.0. The van der Waals surface area contributed by atoms with E-state index in [1.54, 1.807) is 12.1 Å². The van der Waals surface area contributed by atoms with Gasteiger partial charge in [0.15, 0.2) is 0 Å². The van der Waals surface area contributed by atoms with E-state index in [2.05, 4.69) is 10.0 Å². The number of carbonyl (C=O) groups is 1. The number of nitrogen functional groups attached to an aromatic ring is 1. The highest BCUT2D eigenvalue weighted by Crippen LogP contribution is 2.19. The Bertz CT molecular complexity index is 577. The molecule has 1 heterocycles. The summed E-state index contributed by atoms with van der Waals surface area (Å²) in [5.41, 5.74) is 6.28. The molecule has 0 radical (unpaired) electrons. The predicted octanol–water partition coefficient (Wildman–Crippen LogP) is 0.559. The minimum Gasteiger partial charge on any atom is -0.399 e. The second-order valence-electron chi connectivity index (χ2n) is 4.89. The first-order chi connectivity index (χ1) is 9.94. The summed E-state index contributed by atoms with van der Waals surface area (Å²) in [4.78, 5) is 12.0. The molecule has 0 aromatic heterocycles. The molecule has 1 saturated heterocycles. The lowest BCUT2D eigenvalue weighted by atomic mass is 10.1. The quantitative estimate of drug-likeness (QED) is 0.523. The molecule has 1 fully saturated rings. The van der Waals surface area contributed by atoms with E-state index >= 15 is 0 Å². The van der Waals surface area contributed by atoms with Gasteiger partial charge in [-0.25, -0.2) is 13.1 Å². The molecule has 0 saturated carbocycles. The summed E-state index contributed by atoms with van der Waals surface area (Å²) in [5, 5.41) is 2.66. The van der Waals surface area contributed by atoms with Crippen molar-refractivity contribution in [3.05, 3.63) is 24.3 Å². The zero-order valence-electron chi connectivity index (χ0n) is 11.5. The second kappa shape index (κ2) is 7.15. The summed E-state index contributed by atoms with van der Waals surface area (Å²) < 4.78 is 26.6. The maximum Gasteiger partial charge on any atom is 0.220 e. The van der Waals surface area contributed by atoms with Crippen LogP contribution >= 0.6 is 11.8 Å². The van der Waals surface area contributed by atoms with Crippen LogP contribution in [0.15, 0.2) is 29.2 Å². The number of thioether (sulfide) groups is 1. The molecule has 2 rings (SSSR count). The first-order valence-corrected chi connectivity index (χ1v) is 9.33. The van der Waals surface area contributed by atoms with Gasteiger partial charge in [0.2, 0.25) is 15.9 Å². The molecule has 1 atom stereocenters. The van der Waals surface area contributed by atoms with Crippen LogP contribution in [0.25, 0.3) is 0 Å². The molecule has 1 amide bonds. The van der Waals surface area contributed by atoms with Gasteiger partial charge in [-0.05, 0) is 30.7 Å². The number of rotatable bonds is 6. The summed E-state index contributed by atoms with van der Waals surface area (Å²) in [6, 6.07) is 7.13. The molecule has 1 aromatic rings. The number of sulfonamides is 1. The molecule has 0 bridgehead atoms. The average Bonchev–Trinajstić information content (AvgIpc) is 2.43. The normalized spacial score (nSPS) is 19.2. The van der Waals surface area contributed by atoms with Gasteiger partial charge >= 0.3 is 0 Å². The molecule has 0 aliphatic carbocycles. The van der Waals surface area contributed by atoms with Crippen LogP contribution in [0.5, 0.6) is 0 Å². The minimum absolute atomic E-state index is 0.0237. The lowest BCUT2D eigenvalue weighted by molar-refractivity contribution is -0.122. The van der Waals surface area contributed by atoms with Crippen LogP contribution in [0.3, 0.4) is 0 Å². The van der Waals surface area contributed by atoms with Gasteiger partial charge in [-0.2, -0.15) is 0 Å². The van der Waals surface area contributed by atoms with Crippen molar-refractivity contribution in [2.45, 2.75) is 23.8 Å². The fourth-order valence-corrected chi connectivity index (χ4v) is 4.58. The third-order valence-electron chi connectivity index (χ3n) is 3.11. The predicted molar refractivity (Wildman–Crippen MR) is 84.5 cm³/mol. The smallest absolute Gasteiger partial charge is 0.220 e. The van der Waals surface area contributed by atoms with Crippen molar-refractivity contribution in [1.29, 1.82) is 0 Å². The second-order valence-corrected chi connectivity index (χ2v) is 7.94. The van der Waals surface area contributed by atoms with Crippen molar-refractivity contribution in [2.24, 2.45) is 0 Å². The number of amides is 1. The minimum atomic E-state index is -3.32. The molecular weight excluding hydrogens is 310 g/mol. The van der Waals surface area contributed by atoms with Crippen LogP contribution in [-0.2, 0) is 14.8 Å². The first-order valence-electron chi connectivity index (χ1n) is 6.70. The van der Waals surface area contributed by atoms with Crippen molar-refractivity contribution in [2.75, 3.05) is 23.8 Å². The third kappa shape index (κ3) is 5.56. The Hall–Kier alpha value is -1.25. The van der Waals surface area contributed by atoms with E-state index in [0.717, 1.165) is 4.90 Å². The van der Waals surface area contributed by atoms with Crippen molar-refractivity contribution in [3.63, 3.8) is 0 Å².